The first kappa shape index (κ1) is 10.1. The van der Waals surface area contributed by atoms with E-state index in [4.69, 9.17) is 0 Å². The normalized spacial score (nSPS) is 12.7. The molecule has 0 bridgehead atoms. The molecule has 2 unspecified atom stereocenters. The van der Waals surface area contributed by atoms with Crippen LogP contribution in [0.2, 0.25) is 0 Å². The summed E-state index contributed by atoms with van der Waals surface area (Å²) in [5.41, 5.74) is 4.10. The molecule has 1 N–H and O–H groups in total. The highest BCUT2D eigenvalue weighted by atomic mass is 32.0. The maximum atomic E-state index is 3.33. The molecule has 3 heteroatoms. The highest BCUT2D eigenvalue weighted by Gasteiger charge is 2.02. The van der Waals surface area contributed by atoms with Gasteiger partial charge in [0.1, 0.15) is 0 Å². The molecule has 1 aromatic carbocycles. The molecule has 0 amide bonds. The van der Waals surface area contributed by atoms with E-state index in [1.54, 1.807) is 0 Å². The SMILES string of the molecule is CPPCc1c[nH]c2ccc(C)cc12. The van der Waals surface area contributed by atoms with Crippen LogP contribution in [0.15, 0.2) is 24.4 Å². The smallest absolute Gasteiger partial charge is 0.0457 e. The number of fused-ring (bicyclic) bond motifs is 1. The fourth-order valence-corrected chi connectivity index (χ4v) is 3.38. The van der Waals surface area contributed by atoms with Crippen LogP contribution < -0.4 is 0 Å². The summed E-state index contributed by atoms with van der Waals surface area (Å²) in [5.74, 6) is 0. The molecule has 0 aliphatic carbocycles. The van der Waals surface area contributed by atoms with E-state index in [0.717, 1.165) is 16.5 Å². The van der Waals surface area contributed by atoms with Gasteiger partial charge in [-0.25, -0.2) is 0 Å². The fourth-order valence-electron chi connectivity index (χ4n) is 1.62. The molecule has 0 saturated carbocycles. The quantitative estimate of drug-likeness (QED) is 0.760. The lowest BCUT2D eigenvalue weighted by Crippen LogP contribution is -1.75. The van der Waals surface area contributed by atoms with Crippen molar-refractivity contribution in [2.75, 3.05) is 6.66 Å². The Bertz CT molecular complexity index is 434. The Morgan fingerprint density at radius 1 is 1.36 bits per heavy atom. The summed E-state index contributed by atoms with van der Waals surface area (Å²) >= 11 is 0. The predicted octanol–water partition coefficient (Wildman–Crippen LogP) is 3.88. The van der Waals surface area contributed by atoms with Crippen LogP contribution in [0.1, 0.15) is 11.1 Å². The van der Waals surface area contributed by atoms with Crippen LogP contribution in [0.4, 0.5) is 0 Å². The molecule has 0 spiro atoms. The lowest BCUT2D eigenvalue weighted by Gasteiger charge is -1.98. The minimum absolute atomic E-state index is 1.08. The van der Waals surface area contributed by atoms with Gasteiger partial charge in [-0.15, -0.1) is 8.27 Å². The summed E-state index contributed by atoms with van der Waals surface area (Å²) in [5, 5.41) is 1.41. The Labute approximate surface area is 88.1 Å². The molecule has 1 nitrogen and oxygen atoms in total. The second-order valence-electron chi connectivity index (χ2n) is 3.47. The van der Waals surface area contributed by atoms with Crippen molar-refractivity contribution in [3.05, 3.63) is 35.5 Å². The predicted molar refractivity (Wildman–Crippen MR) is 69.3 cm³/mol. The van der Waals surface area contributed by atoms with Crippen molar-refractivity contribution >= 4 is 27.4 Å². The van der Waals surface area contributed by atoms with Gasteiger partial charge < -0.3 is 4.98 Å². The molecule has 0 aliphatic heterocycles. The highest BCUT2D eigenvalue weighted by molar-refractivity contribution is 8.11. The van der Waals surface area contributed by atoms with E-state index in [1.807, 2.05) is 0 Å². The first-order chi connectivity index (χ1) is 6.81. The van der Waals surface area contributed by atoms with Crippen molar-refractivity contribution in [3.63, 3.8) is 0 Å². The number of aromatic nitrogens is 1. The summed E-state index contributed by atoms with van der Waals surface area (Å²) in [4.78, 5) is 3.33. The minimum Gasteiger partial charge on any atom is -0.361 e. The molecule has 0 fully saturated rings. The molecular formula is C11H15NP2. The largest absolute Gasteiger partial charge is 0.361 e. The molecule has 1 heterocycles. The van der Waals surface area contributed by atoms with Crippen LogP contribution in [0, 0.1) is 6.92 Å². The minimum atomic E-state index is 1.08. The first-order valence-corrected chi connectivity index (χ1v) is 8.48. The van der Waals surface area contributed by atoms with Gasteiger partial charge in [0, 0.05) is 17.1 Å². The molecule has 0 saturated heterocycles. The second kappa shape index (κ2) is 4.43. The molecule has 74 valence electrons. The maximum Gasteiger partial charge on any atom is 0.0457 e. The van der Waals surface area contributed by atoms with E-state index < -0.39 is 0 Å². The number of benzene rings is 1. The van der Waals surface area contributed by atoms with Crippen molar-refractivity contribution in [1.82, 2.24) is 4.98 Å². The third-order valence-corrected chi connectivity index (χ3v) is 4.88. The Hall–Kier alpha value is -0.380. The zero-order valence-corrected chi connectivity index (χ0v) is 10.5. The monoisotopic (exact) mass is 223 g/mol. The number of rotatable bonds is 3. The van der Waals surface area contributed by atoms with E-state index in [1.165, 1.54) is 28.2 Å². The van der Waals surface area contributed by atoms with Gasteiger partial charge in [0.25, 0.3) is 0 Å². The standard InChI is InChI=1S/C11H15NP2/c1-8-3-4-11-10(5-8)9(6-12-11)7-14-13-2/h3-6,12-14H,7H2,1-2H3. The molecular weight excluding hydrogens is 208 g/mol. The van der Waals surface area contributed by atoms with Crippen molar-refractivity contribution in [2.45, 2.75) is 13.1 Å². The Morgan fingerprint density at radius 2 is 2.21 bits per heavy atom. The highest BCUT2D eigenvalue weighted by Crippen LogP contribution is 2.38. The number of aryl methyl sites for hydroxylation is 1. The van der Waals surface area contributed by atoms with Crippen LogP contribution in [-0.2, 0) is 6.16 Å². The van der Waals surface area contributed by atoms with Gasteiger partial charge >= 0.3 is 0 Å². The number of hydrogen-bond acceptors (Lipinski definition) is 0. The molecule has 2 rings (SSSR count). The Morgan fingerprint density at radius 3 is 3.00 bits per heavy atom. The first-order valence-electron chi connectivity index (χ1n) is 4.77. The lowest BCUT2D eigenvalue weighted by atomic mass is 10.1. The van der Waals surface area contributed by atoms with E-state index in [0.29, 0.717) is 0 Å². The third kappa shape index (κ3) is 2.00. The van der Waals surface area contributed by atoms with Crippen LogP contribution in [0.25, 0.3) is 10.9 Å². The van der Waals surface area contributed by atoms with Crippen molar-refractivity contribution in [3.8, 4) is 0 Å². The van der Waals surface area contributed by atoms with Gasteiger partial charge in [-0.2, -0.15) is 0 Å². The van der Waals surface area contributed by atoms with E-state index >= 15 is 0 Å². The zero-order chi connectivity index (χ0) is 9.97. The summed E-state index contributed by atoms with van der Waals surface area (Å²) in [6.07, 6.45) is 3.40. The summed E-state index contributed by atoms with van der Waals surface area (Å²) in [6.45, 7) is 4.43. The maximum absolute atomic E-state index is 3.33. The second-order valence-corrected chi connectivity index (χ2v) is 7.23. The molecule has 0 aliphatic rings. The van der Waals surface area contributed by atoms with Gasteiger partial charge in [0.15, 0.2) is 0 Å². The van der Waals surface area contributed by atoms with Gasteiger partial charge in [-0.1, -0.05) is 19.9 Å². The summed E-state index contributed by atoms with van der Waals surface area (Å²) in [6, 6.07) is 6.61. The molecule has 1 aromatic heterocycles. The molecule has 2 aromatic rings. The number of nitrogens with one attached hydrogen (secondary N) is 1. The lowest BCUT2D eigenvalue weighted by molar-refractivity contribution is 1.40. The van der Waals surface area contributed by atoms with E-state index in [-0.39, 0.29) is 0 Å². The topological polar surface area (TPSA) is 15.8 Å². The van der Waals surface area contributed by atoms with Crippen molar-refractivity contribution in [2.24, 2.45) is 0 Å². The Kier molecular flexibility index (Phi) is 3.21. The summed E-state index contributed by atoms with van der Waals surface area (Å²) < 4.78 is 0. The zero-order valence-electron chi connectivity index (χ0n) is 8.52. The number of H-pyrrole nitrogens is 1. The van der Waals surface area contributed by atoms with Crippen LogP contribution >= 0.6 is 16.5 Å². The molecule has 2 atom stereocenters. The van der Waals surface area contributed by atoms with E-state index in [9.17, 15) is 0 Å². The number of aromatic amines is 1. The fraction of sp³-hybridized carbons (Fsp3) is 0.273. The van der Waals surface area contributed by atoms with Crippen molar-refractivity contribution in [1.29, 1.82) is 0 Å². The number of hydrogen-bond donors (Lipinski definition) is 1. The van der Waals surface area contributed by atoms with Crippen molar-refractivity contribution < 1.29 is 0 Å². The van der Waals surface area contributed by atoms with Gasteiger partial charge in [0.2, 0.25) is 0 Å². The van der Waals surface area contributed by atoms with Crippen LogP contribution in [0.3, 0.4) is 0 Å². The van der Waals surface area contributed by atoms with Gasteiger partial charge in [0.05, 0.1) is 0 Å². The van der Waals surface area contributed by atoms with Gasteiger partial charge in [-0.05, 0) is 37.4 Å². The van der Waals surface area contributed by atoms with E-state index in [2.05, 4.69) is 43.0 Å². The van der Waals surface area contributed by atoms with Crippen LogP contribution in [0.5, 0.6) is 0 Å². The molecule has 0 radical (unpaired) electrons. The molecule has 14 heavy (non-hydrogen) atoms. The van der Waals surface area contributed by atoms with Crippen LogP contribution in [-0.4, -0.2) is 11.6 Å². The Balaban J connectivity index is 2.40. The third-order valence-electron chi connectivity index (χ3n) is 2.38. The van der Waals surface area contributed by atoms with Gasteiger partial charge in [-0.3, -0.25) is 0 Å². The average molecular weight is 223 g/mol. The summed E-state index contributed by atoms with van der Waals surface area (Å²) in [7, 11) is 2.16. The average Bonchev–Trinajstić information content (AvgIpc) is 2.57.